The Bertz CT molecular complexity index is 487. The van der Waals surface area contributed by atoms with Crippen LogP contribution in [0.5, 0.6) is 5.75 Å². The summed E-state index contributed by atoms with van der Waals surface area (Å²) in [6.07, 6.45) is -0.0503. The van der Waals surface area contributed by atoms with Crippen molar-refractivity contribution in [2.24, 2.45) is 5.73 Å². The number of nitrogens with zero attached hydrogens (tertiary/aromatic N) is 1. The minimum Gasteiger partial charge on any atom is -0.482 e. The van der Waals surface area contributed by atoms with Gasteiger partial charge in [0.2, 0.25) is 0 Å². The first-order valence-electron chi connectivity index (χ1n) is 5.54. The van der Waals surface area contributed by atoms with E-state index in [1.54, 1.807) is 12.1 Å². The van der Waals surface area contributed by atoms with Crippen molar-refractivity contribution in [3.8, 4) is 5.75 Å². The number of benzene rings is 1. The maximum atomic E-state index is 11.7. The lowest BCUT2D eigenvalue weighted by Gasteiger charge is -2.27. The number of ether oxygens (including phenoxy) is 2. The van der Waals surface area contributed by atoms with Crippen molar-refractivity contribution in [2.45, 2.75) is 6.42 Å². The van der Waals surface area contributed by atoms with Gasteiger partial charge in [-0.25, -0.2) is 9.69 Å². The lowest BCUT2D eigenvalue weighted by atomic mass is 10.1. The fourth-order valence-electron chi connectivity index (χ4n) is 1.81. The molecule has 0 aromatic heterocycles. The predicted octanol–water partition coefficient (Wildman–Crippen LogP) is 0.680. The number of carbonyl (C=O) groups is 2. The van der Waals surface area contributed by atoms with Gasteiger partial charge in [0.15, 0.2) is 6.61 Å². The predicted molar refractivity (Wildman–Crippen MR) is 64.6 cm³/mol. The van der Waals surface area contributed by atoms with Crippen LogP contribution in [-0.2, 0) is 16.0 Å². The Labute approximate surface area is 104 Å². The van der Waals surface area contributed by atoms with Gasteiger partial charge in [0.1, 0.15) is 5.75 Å². The summed E-state index contributed by atoms with van der Waals surface area (Å²) in [5, 5.41) is 0. The summed E-state index contributed by atoms with van der Waals surface area (Å²) in [5.41, 5.74) is 6.82. The summed E-state index contributed by atoms with van der Waals surface area (Å²) in [5.74, 6) is 0.0417. The van der Waals surface area contributed by atoms with E-state index in [1.165, 1.54) is 7.11 Å². The van der Waals surface area contributed by atoms with Crippen LogP contribution in [-0.4, -0.2) is 32.3 Å². The van der Waals surface area contributed by atoms with Gasteiger partial charge in [-0.05, 0) is 30.7 Å². The molecule has 96 valence electrons. The fraction of sp³-hybridized carbons (Fsp3) is 0.333. The van der Waals surface area contributed by atoms with E-state index < -0.39 is 12.0 Å². The Morgan fingerprint density at radius 2 is 2.33 bits per heavy atom. The minimum atomic E-state index is -0.713. The van der Waals surface area contributed by atoms with Crippen molar-refractivity contribution in [3.63, 3.8) is 0 Å². The van der Waals surface area contributed by atoms with E-state index in [2.05, 4.69) is 4.74 Å². The molecule has 1 heterocycles. The second-order valence-corrected chi connectivity index (χ2v) is 3.83. The Kier molecular flexibility index (Phi) is 3.47. The highest BCUT2D eigenvalue weighted by Crippen LogP contribution is 2.33. The lowest BCUT2D eigenvalue weighted by molar-refractivity contribution is -0.120. The molecule has 1 aromatic carbocycles. The third-order valence-corrected chi connectivity index (χ3v) is 2.66. The van der Waals surface area contributed by atoms with Crippen molar-refractivity contribution in [1.82, 2.24) is 0 Å². The second-order valence-electron chi connectivity index (χ2n) is 3.83. The van der Waals surface area contributed by atoms with E-state index in [0.29, 0.717) is 24.4 Å². The van der Waals surface area contributed by atoms with Crippen molar-refractivity contribution in [2.75, 3.05) is 25.2 Å². The van der Waals surface area contributed by atoms with Gasteiger partial charge in [0.05, 0.1) is 12.8 Å². The summed E-state index contributed by atoms with van der Waals surface area (Å²) in [7, 11) is 1.23. The third-order valence-electron chi connectivity index (χ3n) is 2.66. The second kappa shape index (κ2) is 5.05. The van der Waals surface area contributed by atoms with Gasteiger partial charge in [-0.1, -0.05) is 6.07 Å². The van der Waals surface area contributed by atoms with Crippen molar-refractivity contribution in [1.29, 1.82) is 0 Å². The molecule has 0 atom stereocenters. The van der Waals surface area contributed by atoms with Gasteiger partial charge in [-0.2, -0.15) is 0 Å². The maximum absolute atomic E-state index is 11.7. The Balaban J connectivity index is 2.43. The quantitative estimate of drug-likeness (QED) is 0.834. The zero-order chi connectivity index (χ0) is 13.1. The molecule has 6 nitrogen and oxygen atoms in total. The average Bonchev–Trinajstić information content (AvgIpc) is 2.38. The molecule has 6 heteroatoms. The molecule has 1 aromatic rings. The summed E-state index contributed by atoms with van der Waals surface area (Å²) >= 11 is 0. The molecule has 0 unspecified atom stereocenters. The topological polar surface area (TPSA) is 81.9 Å². The molecule has 0 aliphatic carbocycles. The van der Waals surface area contributed by atoms with Gasteiger partial charge in [-0.15, -0.1) is 0 Å². The molecule has 0 fully saturated rings. The first-order chi connectivity index (χ1) is 8.67. The number of carbonyl (C=O) groups excluding carboxylic acids is 2. The number of amides is 2. The highest BCUT2D eigenvalue weighted by molar-refractivity contribution is 6.14. The molecular formula is C12H14N2O4. The van der Waals surface area contributed by atoms with Crippen LogP contribution in [0.4, 0.5) is 10.5 Å². The van der Waals surface area contributed by atoms with Gasteiger partial charge in [0.25, 0.3) is 5.91 Å². The zero-order valence-corrected chi connectivity index (χ0v) is 10.0. The zero-order valence-electron chi connectivity index (χ0n) is 10.0. The number of methoxy groups -OCH3 is 1. The Morgan fingerprint density at radius 3 is 3.00 bits per heavy atom. The smallest absolute Gasteiger partial charge is 0.421 e. The number of hydrogen-bond acceptors (Lipinski definition) is 5. The normalized spacial score (nSPS) is 13.9. The first kappa shape index (κ1) is 12.4. The van der Waals surface area contributed by atoms with E-state index in [0.717, 1.165) is 10.5 Å². The molecule has 0 saturated carbocycles. The van der Waals surface area contributed by atoms with Crippen LogP contribution in [0, 0.1) is 0 Å². The highest BCUT2D eigenvalue weighted by atomic mass is 16.5. The van der Waals surface area contributed by atoms with Crippen LogP contribution in [0.3, 0.4) is 0 Å². The number of hydrogen-bond donors (Lipinski definition) is 1. The number of rotatable bonds is 2. The molecule has 0 radical (unpaired) electrons. The third kappa shape index (κ3) is 2.14. The summed E-state index contributed by atoms with van der Waals surface area (Å²) in [6.45, 7) is 0.324. The van der Waals surface area contributed by atoms with Crippen molar-refractivity contribution in [3.05, 3.63) is 23.8 Å². The van der Waals surface area contributed by atoms with Crippen LogP contribution in [0.25, 0.3) is 0 Å². The van der Waals surface area contributed by atoms with Gasteiger partial charge in [-0.3, -0.25) is 4.79 Å². The molecule has 2 N–H and O–H groups in total. The van der Waals surface area contributed by atoms with Crippen molar-refractivity contribution < 1.29 is 19.1 Å². The number of nitrogens with two attached hydrogens (primary N) is 1. The molecular weight excluding hydrogens is 236 g/mol. The summed E-state index contributed by atoms with van der Waals surface area (Å²) in [6, 6.07) is 5.30. The Hall–Kier alpha value is -2.08. The molecule has 1 aliphatic heterocycles. The standard InChI is InChI=1S/C12H14N2O4/c1-17-12(16)14-9-6-8(4-5-13)2-3-10(9)18-7-11(14)15/h2-3,6H,4-5,7,13H2,1H3. The van der Waals surface area contributed by atoms with E-state index >= 15 is 0 Å². The van der Waals surface area contributed by atoms with E-state index in [9.17, 15) is 9.59 Å². The molecule has 0 saturated heterocycles. The summed E-state index contributed by atoms with van der Waals surface area (Å²) in [4.78, 5) is 24.3. The summed E-state index contributed by atoms with van der Waals surface area (Å²) < 4.78 is 9.87. The van der Waals surface area contributed by atoms with Crippen LogP contribution in [0.2, 0.25) is 0 Å². The molecule has 2 amide bonds. The highest BCUT2D eigenvalue weighted by Gasteiger charge is 2.31. The van der Waals surface area contributed by atoms with Crippen LogP contribution < -0.4 is 15.4 Å². The number of fused-ring (bicyclic) bond motifs is 1. The maximum Gasteiger partial charge on any atom is 0.421 e. The average molecular weight is 250 g/mol. The SMILES string of the molecule is COC(=O)N1C(=O)COc2ccc(CCN)cc21. The van der Waals surface area contributed by atoms with Gasteiger partial charge >= 0.3 is 6.09 Å². The Morgan fingerprint density at radius 1 is 1.56 bits per heavy atom. The minimum absolute atomic E-state index is 0.168. The fourth-order valence-corrected chi connectivity index (χ4v) is 1.81. The van der Waals surface area contributed by atoms with Crippen LogP contribution in [0.15, 0.2) is 18.2 Å². The number of imide groups is 1. The van der Waals surface area contributed by atoms with E-state index in [4.69, 9.17) is 10.5 Å². The largest absolute Gasteiger partial charge is 0.482 e. The van der Waals surface area contributed by atoms with Crippen LogP contribution in [0.1, 0.15) is 5.56 Å². The molecule has 1 aliphatic rings. The van der Waals surface area contributed by atoms with Crippen molar-refractivity contribution >= 4 is 17.7 Å². The van der Waals surface area contributed by atoms with E-state index in [-0.39, 0.29) is 6.61 Å². The monoisotopic (exact) mass is 250 g/mol. The van der Waals surface area contributed by atoms with Crippen LogP contribution >= 0.6 is 0 Å². The van der Waals surface area contributed by atoms with Gasteiger partial charge in [0, 0.05) is 0 Å². The van der Waals surface area contributed by atoms with E-state index in [1.807, 2.05) is 6.07 Å². The molecule has 0 bridgehead atoms. The van der Waals surface area contributed by atoms with Gasteiger partial charge < -0.3 is 15.2 Å². The molecule has 18 heavy (non-hydrogen) atoms. The first-order valence-corrected chi connectivity index (χ1v) is 5.54. The molecule has 0 spiro atoms. The lowest BCUT2D eigenvalue weighted by Crippen LogP contribution is -2.43. The number of anilines is 1. The molecule has 2 rings (SSSR count).